The minimum Gasteiger partial charge on any atom is -0.481 e. The molecule has 2 aromatic rings. The molecule has 0 saturated heterocycles. The van der Waals surface area contributed by atoms with E-state index < -0.39 is 66.4 Å². The standard InChI is InChI=1S/C25H35N5O8S/c1-13(31)21(24(36)29-19(25(37)38)9-10-39-2)30-23(35)18(7-8-20(32)33)28-22(34)16(26)11-14-12-27-17-6-4-3-5-15(14)17/h3-6,12-13,16,18-19,21,27,31H,7-11,26H2,1-2H3,(H,28,34)(H,29,36)(H,30,35)(H,32,33)(H,37,38). The number of benzene rings is 1. The van der Waals surface area contributed by atoms with E-state index in [2.05, 4.69) is 20.9 Å². The predicted molar refractivity (Wildman–Crippen MR) is 145 cm³/mol. The van der Waals surface area contributed by atoms with Gasteiger partial charge in [0, 0.05) is 23.5 Å². The minimum absolute atomic E-state index is 0.119. The second-order valence-corrected chi connectivity index (χ2v) is 10.1. The van der Waals surface area contributed by atoms with Crippen LogP contribution >= 0.6 is 11.8 Å². The summed E-state index contributed by atoms with van der Waals surface area (Å²) < 4.78 is 0. The van der Waals surface area contributed by atoms with Gasteiger partial charge in [-0.05, 0) is 49.8 Å². The number of carbonyl (C=O) groups excluding carboxylic acids is 3. The molecule has 3 amide bonds. The zero-order valence-corrected chi connectivity index (χ0v) is 22.5. The van der Waals surface area contributed by atoms with E-state index in [4.69, 9.17) is 10.8 Å². The Balaban J connectivity index is 2.12. The van der Waals surface area contributed by atoms with E-state index in [0.717, 1.165) is 16.5 Å². The molecule has 1 heterocycles. The number of aliphatic hydroxyl groups excluding tert-OH is 1. The molecule has 0 aliphatic carbocycles. The molecule has 0 aliphatic rings. The summed E-state index contributed by atoms with van der Waals surface area (Å²) in [5.41, 5.74) is 7.73. The summed E-state index contributed by atoms with van der Waals surface area (Å²) in [6, 6.07) is 2.17. The quantitative estimate of drug-likeness (QED) is 0.131. The van der Waals surface area contributed by atoms with Gasteiger partial charge in [0.05, 0.1) is 12.1 Å². The molecule has 39 heavy (non-hydrogen) atoms. The SMILES string of the molecule is CSCCC(NC(=O)C(NC(=O)C(CCC(=O)O)NC(=O)C(N)Cc1c[nH]c2ccccc12)C(C)O)C(=O)O. The van der Waals surface area contributed by atoms with Gasteiger partial charge in [-0.2, -0.15) is 11.8 Å². The number of hydrogen-bond donors (Lipinski definition) is 8. The Morgan fingerprint density at radius 3 is 2.26 bits per heavy atom. The van der Waals surface area contributed by atoms with E-state index in [1.165, 1.54) is 18.7 Å². The fraction of sp³-hybridized carbons (Fsp3) is 0.480. The van der Waals surface area contributed by atoms with Crippen LogP contribution in [0.3, 0.4) is 0 Å². The van der Waals surface area contributed by atoms with Crippen molar-refractivity contribution in [2.45, 2.75) is 62.9 Å². The Kier molecular flexibility index (Phi) is 12.2. The molecule has 0 saturated carbocycles. The summed E-state index contributed by atoms with van der Waals surface area (Å²) in [4.78, 5) is 64.4. The number of carboxylic acid groups (broad SMARTS) is 2. The fourth-order valence-corrected chi connectivity index (χ4v) is 4.33. The molecule has 0 radical (unpaired) electrons. The van der Waals surface area contributed by atoms with Gasteiger partial charge in [0.25, 0.3) is 0 Å². The molecule has 0 aliphatic heterocycles. The van der Waals surface area contributed by atoms with E-state index in [0.29, 0.717) is 5.75 Å². The lowest BCUT2D eigenvalue weighted by Gasteiger charge is -2.26. The third kappa shape index (κ3) is 9.57. The number of para-hydroxylation sites is 1. The van der Waals surface area contributed by atoms with Crippen molar-refractivity contribution >= 4 is 52.3 Å². The van der Waals surface area contributed by atoms with Crippen LogP contribution in [0.25, 0.3) is 10.9 Å². The maximum absolute atomic E-state index is 13.0. The van der Waals surface area contributed by atoms with Gasteiger partial charge in [-0.15, -0.1) is 0 Å². The van der Waals surface area contributed by atoms with Crippen molar-refractivity contribution in [2.24, 2.45) is 5.73 Å². The van der Waals surface area contributed by atoms with E-state index in [1.54, 1.807) is 12.5 Å². The monoisotopic (exact) mass is 565 g/mol. The molecule has 9 N–H and O–H groups in total. The second kappa shape index (κ2) is 15.1. The molecule has 1 aromatic heterocycles. The maximum Gasteiger partial charge on any atom is 0.326 e. The first-order chi connectivity index (χ1) is 18.4. The van der Waals surface area contributed by atoms with Crippen molar-refractivity contribution in [1.82, 2.24) is 20.9 Å². The zero-order chi connectivity index (χ0) is 29.1. The molecular formula is C25H35N5O8S. The lowest BCUT2D eigenvalue weighted by molar-refractivity contribution is -0.143. The summed E-state index contributed by atoms with van der Waals surface area (Å²) in [5.74, 6) is -4.62. The van der Waals surface area contributed by atoms with Gasteiger partial charge in [-0.3, -0.25) is 19.2 Å². The van der Waals surface area contributed by atoms with Gasteiger partial charge in [-0.25, -0.2) is 4.79 Å². The van der Waals surface area contributed by atoms with Crippen molar-refractivity contribution in [3.63, 3.8) is 0 Å². The van der Waals surface area contributed by atoms with Crippen molar-refractivity contribution in [1.29, 1.82) is 0 Å². The van der Waals surface area contributed by atoms with Gasteiger partial charge in [0.2, 0.25) is 17.7 Å². The van der Waals surface area contributed by atoms with Crippen LogP contribution in [0.1, 0.15) is 31.7 Å². The van der Waals surface area contributed by atoms with Gasteiger partial charge in [0.1, 0.15) is 18.1 Å². The van der Waals surface area contributed by atoms with E-state index in [9.17, 15) is 34.2 Å². The minimum atomic E-state index is -1.56. The Bertz CT molecular complexity index is 1170. The average Bonchev–Trinajstić information content (AvgIpc) is 3.29. The molecule has 214 valence electrons. The van der Waals surface area contributed by atoms with Gasteiger partial charge in [-0.1, -0.05) is 18.2 Å². The highest BCUT2D eigenvalue weighted by molar-refractivity contribution is 7.98. The van der Waals surface area contributed by atoms with E-state index in [1.807, 2.05) is 24.3 Å². The fourth-order valence-electron chi connectivity index (χ4n) is 3.86. The number of nitrogens with one attached hydrogen (secondary N) is 4. The normalized spacial score (nSPS) is 15.0. The summed E-state index contributed by atoms with van der Waals surface area (Å²) >= 11 is 1.39. The third-order valence-electron chi connectivity index (χ3n) is 6.02. The number of rotatable bonds is 16. The smallest absolute Gasteiger partial charge is 0.326 e. The summed E-state index contributed by atoms with van der Waals surface area (Å²) in [6.07, 6.45) is 1.54. The average molecular weight is 566 g/mol. The van der Waals surface area contributed by atoms with Gasteiger partial charge in [0.15, 0.2) is 0 Å². The number of amides is 3. The van der Waals surface area contributed by atoms with Crippen molar-refractivity contribution in [2.75, 3.05) is 12.0 Å². The molecule has 5 atom stereocenters. The number of aromatic nitrogens is 1. The van der Waals surface area contributed by atoms with Crippen LogP contribution in [0, 0.1) is 0 Å². The van der Waals surface area contributed by atoms with Crippen molar-refractivity contribution < 1.29 is 39.3 Å². The molecular weight excluding hydrogens is 530 g/mol. The number of aliphatic carboxylic acids is 2. The first-order valence-corrected chi connectivity index (χ1v) is 13.7. The number of aromatic amines is 1. The summed E-state index contributed by atoms with van der Waals surface area (Å²) in [6.45, 7) is 1.23. The summed E-state index contributed by atoms with van der Waals surface area (Å²) in [5, 5.41) is 36.5. The first-order valence-electron chi connectivity index (χ1n) is 12.3. The Hall–Kier alpha value is -3.62. The van der Waals surface area contributed by atoms with E-state index in [-0.39, 0.29) is 19.3 Å². The van der Waals surface area contributed by atoms with Crippen molar-refractivity contribution in [3.05, 3.63) is 36.0 Å². The van der Waals surface area contributed by atoms with Gasteiger partial charge < -0.3 is 42.0 Å². The Labute approximate surface area is 229 Å². The first kappa shape index (κ1) is 31.6. The molecule has 0 fully saturated rings. The number of nitrogens with two attached hydrogens (primary N) is 1. The summed E-state index contributed by atoms with van der Waals surface area (Å²) in [7, 11) is 0. The number of carbonyl (C=O) groups is 5. The molecule has 2 rings (SSSR count). The predicted octanol–water partition coefficient (Wildman–Crippen LogP) is -0.425. The maximum atomic E-state index is 13.0. The van der Waals surface area contributed by atoms with Gasteiger partial charge >= 0.3 is 11.9 Å². The highest BCUT2D eigenvalue weighted by atomic mass is 32.2. The number of fused-ring (bicyclic) bond motifs is 1. The molecule has 13 nitrogen and oxygen atoms in total. The Morgan fingerprint density at radius 2 is 1.64 bits per heavy atom. The van der Waals surface area contributed by atoms with Crippen LogP contribution < -0.4 is 21.7 Å². The number of thioether (sulfide) groups is 1. The Morgan fingerprint density at radius 1 is 0.974 bits per heavy atom. The van der Waals surface area contributed by atoms with Crippen LogP contribution in [0.2, 0.25) is 0 Å². The zero-order valence-electron chi connectivity index (χ0n) is 21.7. The second-order valence-electron chi connectivity index (χ2n) is 9.07. The number of carboxylic acids is 2. The molecule has 1 aromatic carbocycles. The number of H-pyrrole nitrogens is 1. The molecule has 5 unspecified atom stereocenters. The molecule has 0 spiro atoms. The van der Waals surface area contributed by atoms with Crippen LogP contribution in [-0.2, 0) is 30.4 Å². The number of aliphatic hydroxyl groups is 1. The number of hydrogen-bond acceptors (Lipinski definition) is 8. The highest BCUT2D eigenvalue weighted by Crippen LogP contribution is 2.19. The van der Waals surface area contributed by atoms with Crippen LogP contribution in [-0.4, -0.2) is 92.2 Å². The van der Waals surface area contributed by atoms with Crippen molar-refractivity contribution in [3.8, 4) is 0 Å². The topological polar surface area (TPSA) is 224 Å². The van der Waals surface area contributed by atoms with Crippen LogP contribution in [0.5, 0.6) is 0 Å². The highest BCUT2D eigenvalue weighted by Gasteiger charge is 2.33. The van der Waals surface area contributed by atoms with Crippen LogP contribution in [0.4, 0.5) is 0 Å². The lowest BCUT2D eigenvalue weighted by Crippen LogP contribution is -2.60. The third-order valence-corrected chi connectivity index (χ3v) is 6.66. The lowest BCUT2D eigenvalue weighted by atomic mass is 10.0. The molecule has 0 bridgehead atoms. The molecule has 14 heteroatoms. The van der Waals surface area contributed by atoms with E-state index >= 15 is 0 Å². The largest absolute Gasteiger partial charge is 0.481 e. The van der Waals surface area contributed by atoms with Crippen LogP contribution in [0.15, 0.2) is 30.5 Å².